The Morgan fingerprint density at radius 2 is 1.48 bits per heavy atom. The molecule has 5 atom stereocenters. The zero-order chi connectivity index (χ0) is 18.6. The molecule has 0 radical (unpaired) electrons. The Morgan fingerprint density at radius 3 is 2.11 bits per heavy atom. The van der Waals surface area contributed by atoms with Gasteiger partial charge < -0.3 is 28.4 Å². The van der Waals surface area contributed by atoms with Gasteiger partial charge in [0.1, 0.15) is 31.0 Å². The minimum atomic E-state index is -0.558. The van der Waals surface area contributed by atoms with Crippen LogP contribution >= 0.6 is 0 Å². The van der Waals surface area contributed by atoms with E-state index in [1.54, 1.807) is 6.92 Å². The van der Waals surface area contributed by atoms with Crippen molar-refractivity contribution >= 4 is 5.97 Å². The molecule has 5 aliphatic rings. The van der Waals surface area contributed by atoms with Gasteiger partial charge in [0.05, 0.1) is 0 Å². The molecule has 3 saturated heterocycles. The van der Waals surface area contributed by atoms with Crippen molar-refractivity contribution in [2.24, 2.45) is 0 Å². The lowest BCUT2D eigenvalue weighted by atomic mass is 9.99. The molecule has 2 saturated carbocycles. The molecular formula is C20H28O7. The van der Waals surface area contributed by atoms with Crippen LogP contribution in [0.25, 0.3) is 0 Å². The average Bonchev–Trinajstić information content (AvgIpc) is 3.41. The van der Waals surface area contributed by atoms with Gasteiger partial charge in [0.2, 0.25) is 0 Å². The number of ether oxygens (including phenoxy) is 6. The molecule has 5 fully saturated rings. The number of hydrogen-bond donors (Lipinski definition) is 0. The summed E-state index contributed by atoms with van der Waals surface area (Å²) in [7, 11) is 0. The predicted octanol–water partition coefficient (Wildman–Crippen LogP) is 2.57. The largest absolute Gasteiger partial charge is 0.459 e. The van der Waals surface area contributed by atoms with Gasteiger partial charge in [-0.2, -0.15) is 0 Å². The molecule has 0 bridgehead atoms. The number of carbonyl (C=O) groups is 1. The van der Waals surface area contributed by atoms with Crippen LogP contribution in [-0.4, -0.2) is 54.9 Å². The Hall–Kier alpha value is -0.990. The Kier molecular flexibility index (Phi) is 4.37. The van der Waals surface area contributed by atoms with Gasteiger partial charge in [-0.3, -0.25) is 0 Å². The van der Waals surface area contributed by atoms with E-state index < -0.39 is 29.9 Å². The van der Waals surface area contributed by atoms with E-state index in [4.69, 9.17) is 28.4 Å². The van der Waals surface area contributed by atoms with E-state index in [0.29, 0.717) is 5.57 Å². The summed E-state index contributed by atoms with van der Waals surface area (Å²) < 4.78 is 37.0. The third kappa shape index (κ3) is 3.04. The van der Waals surface area contributed by atoms with Gasteiger partial charge in [0.15, 0.2) is 17.9 Å². The van der Waals surface area contributed by atoms with Crippen LogP contribution in [0.5, 0.6) is 0 Å². The zero-order valence-electron chi connectivity index (χ0n) is 15.8. The maximum Gasteiger partial charge on any atom is 0.333 e. The second kappa shape index (κ2) is 6.52. The molecule has 5 rings (SSSR count). The Bertz CT molecular complexity index is 620. The second-order valence-electron chi connectivity index (χ2n) is 8.52. The van der Waals surface area contributed by atoms with Gasteiger partial charge in [-0.1, -0.05) is 6.58 Å². The van der Waals surface area contributed by atoms with Crippen LogP contribution in [0, 0.1) is 0 Å². The van der Waals surface area contributed by atoms with Crippen LogP contribution in [0.4, 0.5) is 0 Å². The van der Waals surface area contributed by atoms with E-state index in [-0.39, 0.29) is 24.9 Å². The molecule has 0 N–H and O–H groups in total. The minimum absolute atomic E-state index is 0.0892. The van der Waals surface area contributed by atoms with Gasteiger partial charge in [-0.25, -0.2) is 4.79 Å². The number of rotatable bonds is 3. The Labute approximate surface area is 159 Å². The van der Waals surface area contributed by atoms with Crippen LogP contribution in [-0.2, 0) is 33.2 Å². The van der Waals surface area contributed by atoms with Gasteiger partial charge >= 0.3 is 5.97 Å². The average molecular weight is 380 g/mol. The normalized spacial score (nSPS) is 41.0. The fourth-order valence-corrected chi connectivity index (χ4v) is 5.10. The van der Waals surface area contributed by atoms with E-state index in [0.717, 1.165) is 51.4 Å². The van der Waals surface area contributed by atoms with E-state index in [1.807, 2.05) is 0 Å². The topological polar surface area (TPSA) is 72.5 Å². The first-order valence-electron chi connectivity index (χ1n) is 10.2. The summed E-state index contributed by atoms with van der Waals surface area (Å²) in [4.78, 5) is 11.9. The molecule has 2 spiro atoms. The second-order valence-corrected chi connectivity index (χ2v) is 8.52. The minimum Gasteiger partial charge on any atom is -0.459 e. The molecule has 0 aromatic carbocycles. The van der Waals surface area contributed by atoms with Crippen LogP contribution < -0.4 is 0 Å². The lowest BCUT2D eigenvalue weighted by molar-refractivity contribution is -0.247. The molecule has 0 aromatic heterocycles. The van der Waals surface area contributed by atoms with Crippen LogP contribution in [0.15, 0.2) is 12.2 Å². The van der Waals surface area contributed by atoms with Gasteiger partial charge in [-0.15, -0.1) is 0 Å². The number of esters is 1. The van der Waals surface area contributed by atoms with Crippen molar-refractivity contribution in [1.82, 2.24) is 0 Å². The quantitative estimate of drug-likeness (QED) is 0.550. The summed E-state index contributed by atoms with van der Waals surface area (Å²) in [5, 5.41) is 0. The van der Waals surface area contributed by atoms with Crippen molar-refractivity contribution in [3.8, 4) is 0 Å². The number of hydrogen-bond acceptors (Lipinski definition) is 7. The fourth-order valence-electron chi connectivity index (χ4n) is 5.10. The smallest absolute Gasteiger partial charge is 0.333 e. The molecule has 27 heavy (non-hydrogen) atoms. The van der Waals surface area contributed by atoms with Crippen LogP contribution in [0.1, 0.15) is 58.3 Å². The maximum absolute atomic E-state index is 11.9. The SMILES string of the molecule is C=C(C)C(=O)OC[C@H]1O[C@H]2OC3(CCCC3)O[C@@H]2[C@H]2OC3(CCCC3)O[C@H]21. The molecule has 0 aromatic rings. The molecule has 0 unspecified atom stereocenters. The molecular weight excluding hydrogens is 352 g/mol. The van der Waals surface area contributed by atoms with Gasteiger partial charge in [0, 0.05) is 31.3 Å². The first kappa shape index (κ1) is 18.1. The molecule has 150 valence electrons. The zero-order valence-corrected chi connectivity index (χ0v) is 15.8. The molecule has 0 amide bonds. The van der Waals surface area contributed by atoms with E-state index >= 15 is 0 Å². The number of fused-ring (bicyclic) bond motifs is 3. The highest BCUT2D eigenvalue weighted by molar-refractivity contribution is 5.86. The Balaban J connectivity index is 1.37. The monoisotopic (exact) mass is 380 g/mol. The third-order valence-corrected chi connectivity index (χ3v) is 6.43. The molecule has 7 heteroatoms. The van der Waals surface area contributed by atoms with Crippen molar-refractivity contribution in [3.63, 3.8) is 0 Å². The Morgan fingerprint density at radius 1 is 0.926 bits per heavy atom. The maximum atomic E-state index is 11.9. The predicted molar refractivity (Wildman–Crippen MR) is 92.5 cm³/mol. The molecule has 2 aliphatic carbocycles. The van der Waals surface area contributed by atoms with E-state index in [2.05, 4.69) is 6.58 Å². The van der Waals surface area contributed by atoms with Crippen molar-refractivity contribution in [2.75, 3.05) is 6.61 Å². The summed E-state index contributed by atoms with van der Waals surface area (Å²) in [6.07, 6.45) is 6.00. The van der Waals surface area contributed by atoms with Gasteiger partial charge in [0.25, 0.3) is 0 Å². The first-order valence-corrected chi connectivity index (χ1v) is 10.2. The summed E-state index contributed by atoms with van der Waals surface area (Å²) >= 11 is 0. The van der Waals surface area contributed by atoms with E-state index in [9.17, 15) is 4.79 Å². The van der Waals surface area contributed by atoms with Crippen molar-refractivity contribution in [1.29, 1.82) is 0 Å². The number of carbonyl (C=O) groups excluding carboxylic acids is 1. The lowest BCUT2D eigenvalue weighted by Crippen LogP contribution is -2.56. The van der Waals surface area contributed by atoms with Crippen molar-refractivity contribution in [2.45, 2.75) is 101 Å². The fraction of sp³-hybridized carbons (Fsp3) is 0.850. The van der Waals surface area contributed by atoms with Crippen LogP contribution in [0.2, 0.25) is 0 Å². The van der Waals surface area contributed by atoms with Crippen molar-refractivity contribution < 1.29 is 33.2 Å². The summed E-state index contributed by atoms with van der Waals surface area (Å²) in [6, 6.07) is 0. The summed E-state index contributed by atoms with van der Waals surface area (Å²) in [5.74, 6) is -1.54. The first-order chi connectivity index (χ1) is 13.0. The van der Waals surface area contributed by atoms with E-state index in [1.165, 1.54) is 0 Å². The molecule has 3 aliphatic heterocycles. The summed E-state index contributed by atoms with van der Waals surface area (Å²) in [5.41, 5.74) is 0.362. The molecule has 3 heterocycles. The third-order valence-electron chi connectivity index (χ3n) is 6.43. The van der Waals surface area contributed by atoms with Crippen molar-refractivity contribution in [3.05, 3.63) is 12.2 Å². The highest BCUT2D eigenvalue weighted by atomic mass is 16.9. The molecule has 7 nitrogen and oxygen atoms in total. The highest BCUT2D eigenvalue weighted by Crippen LogP contribution is 2.51. The lowest BCUT2D eigenvalue weighted by Gasteiger charge is -2.36. The standard InChI is InChI=1S/C20H28O7/c1-12(2)17(21)22-11-13-14-15(25-19(24-14)7-3-4-8-19)16-18(23-13)27-20(26-16)9-5-6-10-20/h13-16,18H,1,3-11H2,2H3/t13-,14+,15+,16-,18+/m1/s1. The highest BCUT2D eigenvalue weighted by Gasteiger charge is 2.64. The van der Waals surface area contributed by atoms with Gasteiger partial charge in [-0.05, 0) is 32.6 Å². The van der Waals surface area contributed by atoms with Crippen LogP contribution in [0.3, 0.4) is 0 Å². The summed E-state index contributed by atoms with van der Waals surface area (Å²) in [6.45, 7) is 5.35.